The van der Waals surface area contributed by atoms with Crippen molar-refractivity contribution in [2.24, 2.45) is 11.1 Å². The molecular formula is C14H17NO7. The first-order valence-corrected chi connectivity index (χ1v) is 6.80. The Labute approximate surface area is 126 Å². The summed E-state index contributed by atoms with van der Waals surface area (Å²) in [6, 6.07) is 4.91. The first-order chi connectivity index (χ1) is 10.6. The normalized spacial score (nSPS) is 35.5. The van der Waals surface area contributed by atoms with Crippen LogP contribution in [0.25, 0.3) is 0 Å². The number of hydrogen-bond acceptors (Lipinski definition) is 8. The van der Waals surface area contributed by atoms with E-state index in [1.807, 2.05) is 0 Å². The zero-order valence-electron chi connectivity index (χ0n) is 11.8. The number of fused-ring (bicyclic) bond motifs is 2. The summed E-state index contributed by atoms with van der Waals surface area (Å²) < 4.78 is 16.3. The number of aliphatic hydroxyl groups excluding tert-OH is 3. The zero-order chi connectivity index (χ0) is 15.9. The average molecular weight is 311 g/mol. The highest BCUT2D eigenvalue weighted by Gasteiger charge is 2.51. The SMILES string of the molecule is COc1ccc2c(c1)/C(=N\O)[C@H]1[C@@H](O2)O[C@H](CO)[C@H](O)[C@@H]1O. The van der Waals surface area contributed by atoms with Gasteiger partial charge in [0.2, 0.25) is 6.29 Å². The smallest absolute Gasteiger partial charge is 0.211 e. The standard InChI is InChI=1S/C14H17NO7/c1-20-6-2-3-8-7(4-6)11(15-19)10-13(18)12(17)9(5-16)22-14(10)21-8/h2-4,9-10,12-14,16-19H,5H2,1H3/b15-11+/t9-,10-,12+,13-,14+/m1/s1. The minimum Gasteiger partial charge on any atom is -0.497 e. The fourth-order valence-corrected chi connectivity index (χ4v) is 2.84. The molecule has 8 nitrogen and oxygen atoms in total. The molecule has 0 aromatic heterocycles. The lowest BCUT2D eigenvalue weighted by Crippen LogP contribution is -2.60. The van der Waals surface area contributed by atoms with Crippen LogP contribution < -0.4 is 9.47 Å². The van der Waals surface area contributed by atoms with Crippen molar-refractivity contribution < 1.29 is 34.7 Å². The Morgan fingerprint density at radius 1 is 1.27 bits per heavy atom. The highest BCUT2D eigenvalue weighted by Crippen LogP contribution is 2.39. The van der Waals surface area contributed by atoms with Gasteiger partial charge < -0.3 is 34.7 Å². The monoisotopic (exact) mass is 311 g/mol. The zero-order valence-corrected chi connectivity index (χ0v) is 11.8. The van der Waals surface area contributed by atoms with Crippen LogP contribution in [0.5, 0.6) is 11.5 Å². The molecule has 1 aromatic carbocycles. The van der Waals surface area contributed by atoms with Gasteiger partial charge in [0.25, 0.3) is 0 Å². The van der Waals surface area contributed by atoms with Crippen LogP contribution in [-0.4, -0.2) is 64.6 Å². The van der Waals surface area contributed by atoms with Crippen LogP contribution in [0.2, 0.25) is 0 Å². The molecule has 1 fully saturated rings. The van der Waals surface area contributed by atoms with E-state index in [4.69, 9.17) is 14.2 Å². The average Bonchev–Trinajstić information content (AvgIpc) is 2.55. The van der Waals surface area contributed by atoms with Crippen LogP contribution in [-0.2, 0) is 4.74 Å². The predicted molar refractivity (Wildman–Crippen MR) is 73.2 cm³/mol. The van der Waals surface area contributed by atoms with Crippen molar-refractivity contribution in [2.45, 2.75) is 24.6 Å². The third-order valence-electron chi connectivity index (χ3n) is 4.01. The van der Waals surface area contributed by atoms with Gasteiger partial charge in [-0.05, 0) is 18.2 Å². The van der Waals surface area contributed by atoms with Gasteiger partial charge in [0.05, 0.1) is 25.7 Å². The number of oxime groups is 1. The fraction of sp³-hybridized carbons (Fsp3) is 0.500. The molecule has 0 bridgehead atoms. The fourth-order valence-electron chi connectivity index (χ4n) is 2.84. The van der Waals surface area contributed by atoms with Crippen LogP contribution in [0.4, 0.5) is 0 Å². The molecule has 5 atom stereocenters. The molecule has 3 rings (SSSR count). The van der Waals surface area contributed by atoms with Gasteiger partial charge in [-0.1, -0.05) is 5.16 Å². The van der Waals surface area contributed by atoms with E-state index in [0.29, 0.717) is 17.1 Å². The number of aliphatic hydroxyl groups is 3. The Morgan fingerprint density at radius 3 is 2.68 bits per heavy atom. The van der Waals surface area contributed by atoms with E-state index in [9.17, 15) is 20.5 Å². The highest BCUT2D eigenvalue weighted by molar-refractivity contribution is 6.06. The molecule has 2 heterocycles. The van der Waals surface area contributed by atoms with Crippen LogP contribution in [0.3, 0.4) is 0 Å². The van der Waals surface area contributed by atoms with E-state index < -0.39 is 37.1 Å². The Hall–Kier alpha value is -1.87. The van der Waals surface area contributed by atoms with Gasteiger partial charge in [0.15, 0.2) is 0 Å². The second-order valence-electron chi connectivity index (χ2n) is 5.20. The Balaban J connectivity index is 2.04. The van der Waals surface area contributed by atoms with E-state index in [1.165, 1.54) is 7.11 Å². The van der Waals surface area contributed by atoms with Crippen molar-refractivity contribution >= 4 is 5.71 Å². The van der Waals surface area contributed by atoms with Gasteiger partial charge in [-0.3, -0.25) is 0 Å². The number of ether oxygens (including phenoxy) is 3. The third-order valence-corrected chi connectivity index (χ3v) is 4.01. The number of hydrogen-bond donors (Lipinski definition) is 4. The molecule has 4 N–H and O–H groups in total. The van der Waals surface area contributed by atoms with Crippen molar-refractivity contribution in [1.82, 2.24) is 0 Å². The maximum Gasteiger partial charge on any atom is 0.211 e. The second-order valence-corrected chi connectivity index (χ2v) is 5.20. The molecule has 0 radical (unpaired) electrons. The molecule has 8 heteroatoms. The van der Waals surface area contributed by atoms with E-state index >= 15 is 0 Å². The van der Waals surface area contributed by atoms with Crippen LogP contribution in [0, 0.1) is 5.92 Å². The molecular weight excluding hydrogens is 294 g/mol. The van der Waals surface area contributed by atoms with Gasteiger partial charge >= 0.3 is 0 Å². The lowest BCUT2D eigenvalue weighted by Gasteiger charge is -2.44. The first-order valence-electron chi connectivity index (χ1n) is 6.80. The van der Waals surface area contributed by atoms with E-state index in [0.717, 1.165) is 0 Å². The summed E-state index contributed by atoms with van der Waals surface area (Å²) in [5.74, 6) is 0.0412. The van der Waals surface area contributed by atoms with E-state index in [1.54, 1.807) is 18.2 Å². The second kappa shape index (κ2) is 5.73. The van der Waals surface area contributed by atoms with Crippen molar-refractivity contribution in [2.75, 3.05) is 13.7 Å². The topological polar surface area (TPSA) is 121 Å². The summed E-state index contributed by atoms with van der Waals surface area (Å²) in [7, 11) is 1.50. The minimum absolute atomic E-state index is 0.132. The van der Waals surface area contributed by atoms with Gasteiger partial charge in [-0.25, -0.2) is 0 Å². The van der Waals surface area contributed by atoms with Gasteiger partial charge in [-0.15, -0.1) is 0 Å². The summed E-state index contributed by atoms with van der Waals surface area (Å²) in [5.41, 5.74) is 0.577. The lowest BCUT2D eigenvalue weighted by molar-refractivity contribution is -0.248. The van der Waals surface area contributed by atoms with Gasteiger partial charge in [0.1, 0.15) is 29.4 Å². The number of methoxy groups -OCH3 is 1. The minimum atomic E-state index is -1.32. The van der Waals surface area contributed by atoms with Crippen LogP contribution in [0.1, 0.15) is 5.56 Å². The molecule has 0 saturated carbocycles. The lowest BCUT2D eigenvalue weighted by atomic mass is 9.82. The Morgan fingerprint density at radius 2 is 2.05 bits per heavy atom. The van der Waals surface area contributed by atoms with Crippen molar-refractivity contribution in [3.05, 3.63) is 23.8 Å². The maximum absolute atomic E-state index is 10.3. The van der Waals surface area contributed by atoms with Crippen molar-refractivity contribution in [1.29, 1.82) is 0 Å². The molecule has 120 valence electrons. The number of benzene rings is 1. The largest absolute Gasteiger partial charge is 0.497 e. The van der Waals surface area contributed by atoms with Crippen molar-refractivity contribution in [3.8, 4) is 11.5 Å². The Kier molecular flexibility index (Phi) is 3.92. The highest BCUT2D eigenvalue weighted by atomic mass is 16.7. The molecule has 0 unspecified atom stereocenters. The molecule has 0 spiro atoms. The van der Waals surface area contributed by atoms with Crippen LogP contribution in [0.15, 0.2) is 23.4 Å². The molecule has 1 saturated heterocycles. The quantitative estimate of drug-likeness (QED) is 0.422. The molecule has 0 aliphatic carbocycles. The molecule has 22 heavy (non-hydrogen) atoms. The summed E-state index contributed by atoms with van der Waals surface area (Å²) in [6.45, 7) is -0.466. The van der Waals surface area contributed by atoms with E-state index in [-0.39, 0.29) is 5.71 Å². The number of rotatable bonds is 2. The van der Waals surface area contributed by atoms with E-state index in [2.05, 4.69) is 5.16 Å². The molecule has 2 aliphatic rings. The predicted octanol–water partition coefficient (Wildman–Crippen LogP) is -0.679. The van der Waals surface area contributed by atoms with Gasteiger partial charge in [-0.2, -0.15) is 0 Å². The third kappa shape index (κ3) is 2.20. The number of nitrogens with zero attached hydrogens (tertiary/aromatic N) is 1. The molecule has 0 amide bonds. The first kappa shape index (κ1) is 15.0. The Bertz CT molecular complexity index is 591. The summed E-state index contributed by atoms with van der Waals surface area (Å²) >= 11 is 0. The maximum atomic E-state index is 10.3. The molecule has 1 aromatic rings. The van der Waals surface area contributed by atoms with Crippen LogP contribution >= 0.6 is 0 Å². The van der Waals surface area contributed by atoms with Crippen molar-refractivity contribution in [3.63, 3.8) is 0 Å². The van der Waals surface area contributed by atoms with Gasteiger partial charge in [0, 0.05) is 5.56 Å². The summed E-state index contributed by atoms with van der Waals surface area (Å²) in [6.07, 6.45) is -4.57. The summed E-state index contributed by atoms with van der Waals surface area (Å²) in [4.78, 5) is 0. The summed E-state index contributed by atoms with van der Waals surface area (Å²) in [5, 5.41) is 42.1. The molecule has 2 aliphatic heterocycles.